The number of carboxylic acid groups (broad SMARTS) is 1. The van der Waals surface area contributed by atoms with Gasteiger partial charge in [0.25, 0.3) is 0 Å². The van der Waals surface area contributed by atoms with Crippen molar-refractivity contribution in [1.82, 2.24) is 14.5 Å². The number of nitrogens with one attached hydrogen (secondary N) is 1. The Balaban J connectivity index is 2.89. The summed E-state index contributed by atoms with van der Waals surface area (Å²) in [4.78, 5) is 10.3. The van der Waals surface area contributed by atoms with E-state index >= 15 is 0 Å². The van der Waals surface area contributed by atoms with E-state index in [0.29, 0.717) is 0 Å². The maximum atomic E-state index is 11.6. The van der Waals surface area contributed by atoms with Crippen LogP contribution in [0, 0.1) is 0 Å². The van der Waals surface area contributed by atoms with E-state index in [1.807, 2.05) is 0 Å². The van der Waals surface area contributed by atoms with Crippen molar-refractivity contribution in [3.05, 3.63) is 12.4 Å². The molecule has 16 heavy (non-hydrogen) atoms. The van der Waals surface area contributed by atoms with Crippen molar-refractivity contribution in [2.45, 2.75) is 31.3 Å². The van der Waals surface area contributed by atoms with Gasteiger partial charge >= 0.3 is 5.97 Å². The van der Waals surface area contributed by atoms with E-state index in [0.717, 1.165) is 10.9 Å². The Hall–Kier alpha value is -1.41. The van der Waals surface area contributed by atoms with E-state index in [-0.39, 0.29) is 17.5 Å². The summed E-state index contributed by atoms with van der Waals surface area (Å²) < 4.78 is 26.7. The van der Waals surface area contributed by atoms with Crippen LogP contribution in [0.5, 0.6) is 0 Å². The summed E-state index contributed by atoms with van der Waals surface area (Å²) in [5.74, 6) is -1.08. The van der Waals surface area contributed by atoms with Crippen molar-refractivity contribution in [2.75, 3.05) is 0 Å². The molecule has 1 aromatic heterocycles. The molecule has 90 valence electrons. The zero-order chi connectivity index (χ0) is 12.3. The van der Waals surface area contributed by atoms with Crippen LogP contribution >= 0.6 is 0 Å². The van der Waals surface area contributed by atoms with Crippen molar-refractivity contribution < 1.29 is 18.3 Å². The zero-order valence-corrected chi connectivity index (χ0v) is 9.73. The molecule has 1 aromatic rings. The summed E-state index contributed by atoms with van der Waals surface area (Å²) in [5.41, 5.74) is 0. The average molecular weight is 247 g/mol. The Kier molecular flexibility index (Phi) is 3.66. The van der Waals surface area contributed by atoms with Gasteiger partial charge in [-0.05, 0) is 13.8 Å². The van der Waals surface area contributed by atoms with Gasteiger partial charge in [-0.15, -0.1) is 0 Å². The number of hydrogen-bond acceptors (Lipinski definition) is 4. The number of aliphatic carboxylic acids is 1. The van der Waals surface area contributed by atoms with Crippen LogP contribution in [-0.2, 0) is 21.4 Å². The van der Waals surface area contributed by atoms with Crippen LogP contribution in [0.3, 0.4) is 0 Å². The summed E-state index contributed by atoms with van der Waals surface area (Å²) in [6, 6.07) is -0.229. The second kappa shape index (κ2) is 4.62. The number of carboxylic acids is 1. The molecule has 2 N–H and O–H groups in total. The van der Waals surface area contributed by atoms with Crippen LogP contribution in [0.1, 0.15) is 13.8 Å². The molecule has 8 heteroatoms. The molecule has 0 atom stereocenters. The SMILES string of the molecule is CC(C)NS(=O)(=O)c1cnn(CC(=O)O)c1. The molecule has 0 aromatic carbocycles. The van der Waals surface area contributed by atoms with Gasteiger partial charge in [0.1, 0.15) is 11.4 Å². The van der Waals surface area contributed by atoms with Crippen LogP contribution in [-0.4, -0.2) is 35.3 Å². The fourth-order valence-electron chi connectivity index (χ4n) is 1.09. The van der Waals surface area contributed by atoms with Crippen molar-refractivity contribution >= 4 is 16.0 Å². The Labute approximate surface area is 93.1 Å². The molecule has 0 amide bonds. The highest BCUT2D eigenvalue weighted by molar-refractivity contribution is 7.89. The van der Waals surface area contributed by atoms with E-state index in [9.17, 15) is 13.2 Å². The first-order chi connectivity index (χ1) is 7.31. The molecular formula is C8H13N3O4S. The smallest absolute Gasteiger partial charge is 0.325 e. The van der Waals surface area contributed by atoms with Crippen molar-refractivity contribution in [3.63, 3.8) is 0 Å². The molecule has 1 rings (SSSR count). The predicted molar refractivity (Wildman–Crippen MR) is 55.3 cm³/mol. The van der Waals surface area contributed by atoms with Gasteiger partial charge in [0.2, 0.25) is 10.0 Å². The summed E-state index contributed by atoms with van der Waals surface area (Å²) >= 11 is 0. The fraction of sp³-hybridized carbons (Fsp3) is 0.500. The molecular weight excluding hydrogens is 234 g/mol. The third-order valence-corrected chi connectivity index (χ3v) is 3.22. The molecule has 0 unspecified atom stereocenters. The van der Waals surface area contributed by atoms with Crippen molar-refractivity contribution in [3.8, 4) is 0 Å². The second-order valence-electron chi connectivity index (χ2n) is 3.54. The largest absolute Gasteiger partial charge is 0.480 e. The monoisotopic (exact) mass is 247 g/mol. The molecule has 0 fully saturated rings. The maximum Gasteiger partial charge on any atom is 0.325 e. The number of nitrogens with zero attached hydrogens (tertiary/aromatic N) is 2. The summed E-state index contributed by atoms with van der Waals surface area (Å²) in [5, 5.41) is 12.1. The minimum Gasteiger partial charge on any atom is -0.480 e. The highest BCUT2D eigenvalue weighted by atomic mass is 32.2. The predicted octanol–water partition coefficient (Wildman–Crippen LogP) is -0.346. The Morgan fingerprint density at radius 3 is 2.75 bits per heavy atom. The number of hydrogen-bond donors (Lipinski definition) is 2. The molecule has 1 heterocycles. The van der Waals surface area contributed by atoms with Gasteiger partial charge in [-0.2, -0.15) is 5.10 Å². The van der Waals surface area contributed by atoms with E-state index in [1.54, 1.807) is 13.8 Å². The number of aromatic nitrogens is 2. The Morgan fingerprint density at radius 2 is 2.25 bits per heavy atom. The first-order valence-corrected chi connectivity index (χ1v) is 6.06. The van der Waals surface area contributed by atoms with Crippen LogP contribution in [0.4, 0.5) is 0 Å². The van der Waals surface area contributed by atoms with Crippen LogP contribution in [0.15, 0.2) is 17.3 Å². The average Bonchev–Trinajstić information content (AvgIpc) is 2.49. The summed E-state index contributed by atoms with van der Waals surface area (Å²) in [6.07, 6.45) is 2.30. The lowest BCUT2D eigenvalue weighted by atomic mass is 10.4. The lowest BCUT2D eigenvalue weighted by Gasteiger charge is -2.06. The third-order valence-electron chi connectivity index (χ3n) is 1.61. The minimum absolute atomic E-state index is 0.0394. The van der Waals surface area contributed by atoms with Gasteiger partial charge in [0, 0.05) is 12.2 Å². The lowest BCUT2D eigenvalue weighted by Crippen LogP contribution is -2.30. The first kappa shape index (κ1) is 12.7. The van der Waals surface area contributed by atoms with E-state index in [1.165, 1.54) is 6.20 Å². The van der Waals surface area contributed by atoms with Gasteiger partial charge < -0.3 is 5.11 Å². The van der Waals surface area contributed by atoms with Gasteiger partial charge in [0.05, 0.1) is 6.20 Å². The highest BCUT2D eigenvalue weighted by Gasteiger charge is 2.17. The van der Waals surface area contributed by atoms with Gasteiger partial charge in [-0.1, -0.05) is 0 Å². The van der Waals surface area contributed by atoms with E-state index in [2.05, 4.69) is 9.82 Å². The molecule has 0 radical (unpaired) electrons. The van der Waals surface area contributed by atoms with Crippen molar-refractivity contribution in [1.29, 1.82) is 0 Å². The standard InChI is InChI=1S/C8H13N3O4S/c1-6(2)10-16(14,15)7-3-9-11(4-7)5-8(12)13/h3-4,6,10H,5H2,1-2H3,(H,12,13). The lowest BCUT2D eigenvalue weighted by molar-refractivity contribution is -0.137. The van der Waals surface area contributed by atoms with Gasteiger partial charge in [-0.25, -0.2) is 13.1 Å². The summed E-state index contributed by atoms with van der Waals surface area (Å²) in [7, 11) is -3.60. The third kappa shape index (κ3) is 3.31. The maximum absolute atomic E-state index is 11.6. The quantitative estimate of drug-likeness (QED) is 0.740. The fourth-order valence-corrected chi connectivity index (χ4v) is 2.29. The molecule has 0 saturated carbocycles. The van der Waals surface area contributed by atoms with Crippen LogP contribution < -0.4 is 4.72 Å². The molecule has 0 spiro atoms. The zero-order valence-electron chi connectivity index (χ0n) is 8.91. The van der Waals surface area contributed by atoms with Crippen LogP contribution in [0.2, 0.25) is 0 Å². The highest BCUT2D eigenvalue weighted by Crippen LogP contribution is 2.07. The van der Waals surface area contributed by atoms with Gasteiger partial charge in [0.15, 0.2) is 0 Å². The molecule has 7 nitrogen and oxygen atoms in total. The Morgan fingerprint density at radius 1 is 1.62 bits per heavy atom. The van der Waals surface area contributed by atoms with Gasteiger partial charge in [-0.3, -0.25) is 9.48 Å². The van der Waals surface area contributed by atoms with E-state index < -0.39 is 16.0 Å². The van der Waals surface area contributed by atoms with Crippen molar-refractivity contribution in [2.24, 2.45) is 0 Å². The number of carbonyl (C=O) groups is 1. The normalized spacial score (nSPS) is 11.9. The topological polar surface area (TPSA) is 101 Å². The molecule has 0 saturated heterocycles. The molecule has 0 aliphatic heterocycles. The molecule has 0 aliphatic rings. The van der Waals surface area contributed by atoms with E-state index in [4.69, 9.17) is 5.11 Å². The molecule has 0 aliphatic carbocycles. The minimum atomic E-state index is -3.60. The second-order valence-corrected chi connectivity index (χ2v) is 5.26. The van der Waals surface area contributed by atoms with Crippen LogP contribution in [0.25, 0.3) is 0 Å². The summed E-state index contributed by atoms with van der Waals surface area (Å²) in [6.45, 7) is 3.02. The number of sulfonamides is 1. The Bertz CT molecular complexity index is 477. The first-order valence-electron chi connectivity index (χ1n) is 4.58. The molecule has 0 bridgehead atoms. The number of rotatable bonds is 5.